The lowest BCUT2D eigenvalue weighted by atomic mass is 10.0. The van der Waals surface area contributed by atoms with Crippen LogP contribution < -0.4 is 43.0 Å². The molecule has 0 spiro atoms. The van der Waals surface area contributed by atoms with Crippen molar-refractivity contribution in [1.82, 2.24) is 42.2 Å². The minimum Gasteiger partial charge on any atom is -0.481 e. The van der Waals surface area contributed by atoms with E-state index in [2.05, 4.69) is 66.8 Å². The number of hydrogen-bond acceptors (Lipinski definition) is 17. The predicted molar refractivity (Wildman–Crippen MR) is 236 cm³/mol. The van der Waals surface area contributed by atoms with Gasteiger partial charge in [0.25, 0.3) is 5.91 Å². The number of unbranched alkanes of at least 4 members (excludes halogenated alkanes) is 1. The summed E-state index contributed by atoms with van der Waals surface area (Å²) in [5, 5.41) is 48.6. The van der Waals surface area contributed by atoms with Crippen LogP contribution in [0.3, 0.4) is 0 Å². The Morgan fingerprint density at radius 3 is 2.26 bits per heavy atom. The molecule has 1 saturated heterocycles. The number of carboxylic acid groups (broad SMARTS) is 1. The van der Waals surface area contributed by atoms with E-state index in [-0.39, 0.29) is 55.7 Å². The number of aliphatic imine (C=N–C) groups is 1. The summed E-state index contributed by atoms with van der Waals surface area (Å²) in [4.78, 5) is 102. The number of carboxylic acids is 1. The Kier molecular flexibility index (Phi) is 19.7. The number of aromatic nitrogens is 1. The molecule has 352 valence electrons. The molecule has 1 fully saturated rings. The average Bonchev–Trinajstić information content (AvgIpc) is 3.30. The zero-order valence-corrected chi connectivity index (χ0v) is 36.5. The molecule has 2 aliphatic heterocycles. The summed E-state index contributed by atoms with van der Waals surface area (Å²) < 4.78 is 4.51. The first-order chi connectivity index (χ1) is 31.9. The number of azo groups is 1. The highest BCUT2D eigenvalue weighted by atomic mass is 32.2. The summed E-state index contributed by atoms with van der Waals surface area (Å²) in [5.41, 5.74) is 7.49. The first-order valence-electron chi connectivity index (χ1n) is 21.0. The van der Waals surface area contributed by atoms with Crippen molar-refractivity contribution in [1.29, 1.82) is 0 Å². The van der Waals surface area contributed by atoms with Crippen molar-refractivity contribution in [3.63, 3.8) is 0 Å². The van der Waals surface area contributed by atoms with Gasteiger partial charge in [-0.15, -0.1) is 9.45 Å². The molecule has 2 aromatic carbocycles. The molecule has 2 aliphatic rings. The van der Waals surface area contributed by atoms with Crippen LogP contribution in [0, 0.1) is 0 Å². The van der Waals surface area contributed by atoms with Crippen LogP contribution in [0.2, 0.25) is 0 Å². The van der Waals surface area contributed by atoms with Crippen LogP contribution in [-0.4, -0.2) is 113 Å². The molecular formula is C42H52N12O11S. The number of amides is 6. The number of carbonyl (C=O) groups excluding carboxylic acids is 6. The molecule has 23 nitrogen and oxygen atoms in total. The smallest absolute Gasteiger partial charge is 0.305 e. The zero-order valence-electron chi connectivity index (χ0n) is 35.6. The fourth-order valence-corrected chi connectivity index (χ4v) is 7.37. The minimum atomic E-state index is -1.61. The number of pyridine rings is 1. The van der Waals surface area contributed by atoms with Gasteiger partial charge in [-0.05, 0) is 67.9 Å². The van der Waals surface area contributed by atoms with E-state index in [1.807, 2.05) is 0 Å². The quantitative estimate of drug-likeness (QED) is 0.0263. The molecule has 0 radical (unpaired) electrons. The third-order valence-electron chi connectivity index (χ3n) is 10.3. The van der Waals surface area contributed by atoms with E-state index in [1.54, 1.807) is 54.6 Å². The Labute approximate surface area is 383 Å². The molecule has 3 heterocycles. The fourth-order valence-electron chi connectivity index (χ4n) is 6.89. The summed E-state index contributed by atoms with van der Waals surface area (Å²) in [5.74, 6) is -5.39. The number of nitrogens with two attached hydrogens (primary N) is 1. The maximum Gasteiger partial charge on any atom is 0.305 e. The lowest BCUT2D eigenvalue weighted by molar-refractivity contribution is -0.432. The van der Waals surface area contributed by atoms with Gasteiger partial charge < -0.3 is 48.1 Å². The largest absolute Gasteiger partial charge is 0.481 e. The lowest BCUT2D eigenvalue weighted by Crippen LogP contribution is -2.58. The van der Waals surface area contributed by atoms with Gasteiger partial charge in [0.1, 0.15) is 24.2 Å². The fraction of sp³-hybridized carbons (Fsp3) is 0.405. The number of benzene rings is 2. The first-order valence-corrected chi connectivity index (χ1v) is 21.8. The van der Waals surface area contributed by atoms with Gasteiger partial charge >= 0.3 is 5.97 Å². The van der Waals surface area contributed by atoms with Crippen molar-refractivity contribution in [2.45, 2.75) is 93.0 Å². The van der Waals surface area contributed by atoms with E-state index >= 15 is 0 Å². The van der Waals surface area contributed by atoms with Gasteiger partial charge in [0.2, 0.25) is 29.5 Å². The van der Waals surface area contributed by atoms with E-state index in [4.69, 9.17) is 11.0 Å². The average molecular weight is 933 g/mol. The minimum absolute atomic E-state index is 0.0410. The zero-order chi connectivity index (χ0) is 47.3. The topological polar surface area (TPSA) is 339 Å². The van der Waals surface area contributed by atoms with Crippen molar-refractivity contribution >= 4 is 65.2 Å². The molecule has 5 atom stereocenters. The van der Waals surface area contributed by atoms with Gasteiger partial charge in [-0.25, -0.2) is 10.2 Å². The second kappa shape index (κ2) is 26.1. The molecular weight excluding hydrogens is 881 g/mol. The Bertz CT molecular complexity index is 2220. The van der Waals surface area contributed by atoms with Gasteiger partial charge in [0.15, 0.2) is 11.8 Å². The van der Waals surface area contributed by atoms with Crippen LogP contribution in [0.5, 0.6) is 0 Å². The standard InChI is InChI=1S/C42H52N12O11S/c43-42-45-19-17-28(49-42)14-15-30-38(59)47-24-35(55)50-32(21-36(56)57)41(62)53-31(20-25-8-2-1-3-9-25)40(61)51-29(39(60)52-30)11-6-7-18-44-37(58)27-13-16-34(46-22-27)54-48-23-26-10-4-5-12-33(26)66-65-64-63/h1-5,8-10,12-13,16,22,28-32,63H,6-7,11,14-15,17-21,23-24H2,(H,44,58)(H,47,59)(H,50,55)(H,51,61)(H,52,60)(H,53,62)(H,56,57)(H3,43,45,49)/t28?,29?,30-,31+,32-/m0/s1. The van der Waals surface area contributed by atoms with Crippen LogP contribution in [0.4, 0.5) is 5.82 Å². The number of aliphatic carboxylic acids is 1. The van der Waals surface area contributed by atoms with Crippen molar-refractivity contribution in [2.24, 2.45) is 21.0 Å². The molecule has 3 aromatic rings. The van der Waals surface area contributed by atoms with Gasteiger partial charge in [-0.1, -0.05) is 53.6 Å². The Hall–Kier alpha value is -7.02. The highest BCUT2D eigenvalue weighted by Crippen LogP contribution is 2.24. The molecule has 66 heavy (non-hydrogen) atoms. The van der Waals surface area contributed by atoms with Crippen LogP contribution in [0.15, 0.2) is 93.0 Å². The number of rotatable bonds is 19. The van der Waals surface area contributed by atoms with Gasteiger partial charge in [0, 0.05) is 36.6 Å². The Morgan fingerprint density at radius 2 is 1.53 bits per heavy atom. The van der Waals surface area contributed by atoms with Gasteiger partial charge in [-0.2, -0.15) is 5.11 Å². The molecule has 2 unspecified atom stereocenters. The normalized spacial score (nSPS) is 20.8. The summed E-state index contributed by atoms with van der Waals surface area (Å²) in [6.45, 7) is 0.170. The van der Waals surface area contributed by atoms with Crippen molar-refractivity contribution in [2.75, 3.05) is 19.6 Å². The number of hydrogen-bond donors (Lipinski definition) is 10. The molecule has 0 aliphatic carbocycles. The number of nitrogens with zero attached hydrogens (tertiary/aromatic N) is 4. The first kappa shape index (κ1) is 50.0. The van der Waals surface area contributed by atoms with Crippen LogP contribution in [0.25, 0.3) is 0 Å². The SMILES string of the molecule is NC1=NCCC(CC[C@@H]2NC(=O)C(CCCCNC(=O)c3ccc(N=NCc4ccccc4SOOO)nc3)NC(=O)[C@@H](Cc3ccccc3)NC(=O)[C@H](CC(=O)O)NC(=O)CNC2=O)N1. The molecule has 5 rings (SSSR count). The van der Waals surface area contributed by atoms with Crippen LogP contribution in [-0.2, 0) is 51.1 Å². The predicted octanol–water partition coefficient (Wildman–Crippen LogP) is 0.937. The van der Waals surface area contributed by atoms with E-state index in [9.17, 15) is 38.7 Å². The summed E-state index contributed by atoms with van der Waals surface area (Å²) in [6, 6.07) is 13.3. The maximum atomic E-state index is 14.1. The van der Waals surface area contributed by atoms with E-state index < -0.39 is 78.5 Å². The van der Waals surface area contributed by atoms with Crippen molar-refractivity contribution in [3.8, 4) is 0 Å². The van der Waals surface area contributed by atoms with Crippen LogP contribution >= 0.6 is 12.0 Å². The van der Waals surface area contributed by atoms with E-state index in [0.29, 0.717) is 42.7 Å². The monoisotopic (exact) mass is 932 g/mol. The van der Waals surface area contributed by atoms with Gasteiger partial charge in [0.05, 0.1) is 37.1 Å². The molecule has 24 heteroatoms. The van der Waals surface area contributed by atoms with Crippen molar-refractivity contribution < 1.29 is 53.3 Å². The van der Waals surface area contributed by atoms with E-state index in [1.165, 1.54) is 18.3 Å². The molecule has 0 bridgehead atoms. The Balaban J connectivity index is 1.26. The number of nitrogens with one attached hydrogen (secondary N) is 7. The highest BCUT2D eigenvalue weighted by molar-refractivity contribution is 7.94. The van der Waals surface area contributed by atoms with Gasteiger partial charge in [-0.3, -0.25) is 38.6 Å². The third-order valence-corrected chi connectivity index (χ3v) is 11.0. The molecule has 6 amide bonds. The second-order valence-corrected chi connectivity index (χ2v) is 15.9. The molecule has 1 aromatic heterocycles. The van der Waals surface area contributed by atoms with Crippen molar-refractivity contribution in [3.05, 3.63) is 89.6 Å². The summed E-state index contributed by atoms with van der Waals surface area (Å²) >= 11 is 0.803. The highest BCUT2D eigenvalue weighted by Gasteiger charge is 2.33. The number of guanidine groups is 1. The second-order valence-electron chi connectivity index (χ2n) is 15.2. The third kappa shape index (κ3) is 16.5. The maximum absolute atomic E-state index is 14.1. The summed E-state index contributed by atoms with van der Waals surface area (Å²) in [6.07, 6.45) is 2.24. The van der Waals surface area contributed by atoms with Crippen LogP contribution in [0.1, 0.15) is 66.4 Å². The summed E-state index contributed by atoms with van der Waals surface area (Å²) in [7, 11) is 0. The lowest BCUT2D eigenvalue weighted by Gasteiger charge is -2.27. The Morgan fingerprint density at radius 1 is 0.818 bits per heavy atom. The molecule has 0 saturated carbocycles. The molecule has 11 N–H and O–H groups in total. The number of carbonyl (C=O) groups is 7. The van der Waals surface area contributed by atoms with E-state index in [0.717, 1.165) is 17.6 Å².